The van der Waals surface area contributed by atoms with Crippen LogP contribution in [0.25, 0.3) is 0 Å². The van der Waals surface area contributed by atoms with E-state index in [2.05, 4.69) is 29.5 Å². The number of hydrogen-bond donors (Lipinski definition) is 2. The zero-order valence-electron chi connectivity index (χ0n) is 15.0. The topological polar surface area (TPSA) is 72.0 Å². The molecule has 0 aromatic heterocycles. The van der Waals surface area contributed by atoms with Gasteiger partial charge in [-0.2, -0.15) is 0 Å². The average molecular weight is 449 g/mol. The number of hydrogen-bond acceptors (Lipinski definition) is 4. The van der Waals surface area contributed by atoms with Crippen LogP contribution in [-0.4, -0.2) is 38.7 Å². The van der Waals surface area contributed by atoms with E-state index in [9.17, 15) is 4.79 Å². The third-order valence-corrected chi connectivity index (χ3v) is 3.43. The van der Waals surface area contributed by atoms with Crippen molar-refractivity contribution in [2.45, 2.75) is 39.8 Å². The van der Waals surface area contributed by atoms with Crippen molar-refractivity contribution in [1.29, 1.82) is 0 Å². The fourth-order valence-corrected chi connectivity index (χ4v) is 1.94. The number of guanidine groups is 1. The zero-order valence-corrected chi connectivity index (χ0v) is 17.3. The number of nitrogens with one attached hydrogen (secondary N) is 2. The predicted octanol–water partition coefficient (Wildman–Crippen LogP) is 2.95. The van der Waals surface area contributed by atoms with Gasteiger partial charge in [-0.05, 0) is 38.0 Å². The van der Waals surface area contributed by atoms with Gasteiger partial charge in [-0.3, -0.25) is 0 Å². The molecule has 1 atom stereocenters. The maximum Gasteiger partial charge on any atom is 0.341 e. The number of esters is 1. The number of nitrogens with zero attached hydrogens (tertiary/aromatic N) is 1. The van der Waals surface area contributed by atoms with Gasteiger partial charge in [0.25, 0.3) is 0 Å². The minimum atomic E-state index is -0.413. The van der Waals surface area contributed by atoms with Crippen molar-refractivity contribution in [1.82, 2.24) is 10.6 Å². The van der Waals surface area contributed by atoms with Gasteiger partial charge in [0, 0.05) is 12.6 Å². The summed E-state index contributed by atoms with van der Waals surface area (Å²) in [7, 11) is 2.88. The van der Waals surface area contributed by atoms with E-state index in [0.29, 0.717) is 23.9 Å². The summed E-state index contributed by atoms with van der Waals surface area (Å²) in [5.74, 6) is 0.853. The molecule has 1 aromatic carbocycles. The second kappa shape index (κ2) is 11.9. The second-order valence-electron chi connectivity index (χ2n) is 5.18. The Labute approximate surface area is 161 Å². The van der Waals surface area contributed by atoms with Gasteiger partial charge in [0.15, 0.2) is 5.96 Å². The fourth-order valence-electron chi connectivity index (χ4n) is 1.94. The zero-order chi connectivity index (χ0) is 17.2. The molecule has 2 N–H and O–H groups in total. The van der Waals surface area contributed by atoms with Crippen molar-refractivity contribution in [3.8, 4) is 5.75 Å². The number of aliphatic imine (C=N–C) groups is 1. The monoisotopic (exact) mass is 449 g/mol. The molecule has 7 heteroatoms. The molecule has 0 bridgehead atoms. The SMILES string of the molecule is CCNC(=NCc1ccc(C(=O)OC)c(OC)c1)NC(C)CC.I. The van der Waals surface area contributed by atoms with E-state index in [1.165, 1.54) is 14.2 Å². The molecule has 136 valence electrons. The van der Waals surface area contributed by atoms with E-state index in [4.69, 9.17) is 9.47 Å². The number of benzene rings is 1. The smallest absolute Gasteiger partial charge is 0.341 e. The summed E-state index contributed by atoms with van der Waals surface area (Å²) in [4.78, 5) is 16.2. The Hall–Kier alpha value is -1.51. The van der Waals surface area contributed by atoms with Crippen LogP contribution in [0, 0.1) is 0 Å². The van der Waals surface area contributed by atoms with Crippen molar-refractivity contribution in [3.05, 3.63) is 29.3 Å². The third kappa shape index (κ3) is 6.94. The van der Waals surface area contributed by atoms with Gasteiger partial charge in [-0.1, -0.05) is 13.0 Å². The lowest BCUT2D eigenvalue weighted by molar-refractivity contribution is 0.0597. The maximum atomic E-state index is 11.7. The van der Waals surface area contributed by atoms with Gasteiger partial charge < -0.3 is 20.1 Å². The number of ether oxygens (including phenoxy) is 2. The van der Waals surface area contributed by atoms with Gasteiger partial charge in [0.2, 0.25) is 0 Å². The van der Waals surface area contributed by atoms with Crippen molar-refractivity contribution in [2.75, 3.05) is 20.8 Å². The molecular weight excluding hydrogens is 421 g/mol. The van der Waals surface area contributed by atoms with Gasteiger partial charge in [0.1, 0.15) is 11.3 Å². The van der Waals surface area contributed by atoms with Gasteiger partial charge >= 0.3 is 5.97 Å². The summed E-state index contributed by atoms with van der Waals surface area (Å²) in [6.07, 6.45) is 1.02. The first-order chi connectivity index (χ1) is 11.0. The molecule has 0 saturated carbocycles. The van der Waals surface area contributed by atoms with E-state index in [0.717, 1.165) is 24.5 Å². The molecular formula is C17H28IN3O3. The Morgan fingerprint density at radius 1 is 1.29 bits per heavy atom. The van der Waals surface area contributed by atoms with Crippen molar-refractivity contribution in [2.24, 2.45) is 4.99 Å². The standard InChI is InChI=1S/C17H27N3O3.HI/c1-6-12(3)20-17(18-7-2)19-11-13-8-9-14(16(21)23-5)15(10-13)22-4;/h8-10,12H,6-7,11H2,1-5H3,(H2,18,19,20);1H. The van der Waals surface area contributed by atoms with Crippen molar-refractivity contribution < 1.29 is 14.3 Å². The molecule has 6 nitrogen and oxygen atoms in total. The van der Waals surface area contributed by atoms with Crippen LogP contribution in [0.4, 0.5) is 0 Å². The summed E-state index contributed by atoms with van der Waals surface area (Å²) >= 11 is 0. The van der Waals surface area contributed by atoms with Crippen LogP contribution in [0.15, 0.2) is 23.2 Å². The van der Waals surface area contributed by atoms with E-state index in [1.54, 1.807) is 6.07 Å². The Kier molecular flexibility index (Phi) is 11.2. The minimum Gasteiger partial charge on any atom is -0.496 e. The van der Waals surface area contributed by atoms with Crippen LogP contribution in [0.3, 0.4) is 0 Å². The molecule has 0 amide bonds. The molecule has 0 spiro atoms. The Morgan fingerprint density at radius 2 is 2.00 bits per heavy atom. The highest BCUT2D eigenvalue weighted by Gasteiger charge is 2.13. The third-order valence-electron chi connectivity index (χ3n) is 3.43. The highest BCUT2D eigenvalue weighted by Crippen LogP contribution is 2.21. The number of carbonyl (C=O) groups excluding carboxylic acids is 1. The molecule has 0 radical (unpaired) electrons. The highest BCUT2D eigenvalue weighted by atomic mass is 127. The van der Waals surface area contributed by atoms with E-state index in [1.807, 2.05) is 19.1 Å². The second-order valence-corrected chi connectivity index (χ2v) is 5.18. The highest BCUT2D eigenvalue weighted by molar-refractivity contribution is 14.0. The number of methoxy groups -OCH3 is 2. The van der Waals surface area contributed by atoms with E-state index in [-0.39, 0.29) is 24.0 Å². The lowest BCUT2D eigenvalue weighted by Crippen LogP contribution is -2.41. The van der Waals surface area contributed by atoms with Crippen LogP contribution in [0.1, 0.15) is 43.1 Å². The fraction of sp³-hybridized carbons (Fsp3) is 0.529. The van der Waals surface area contributed by atoms with Crippen LogP contribution in [-0.2, 0) is 11.3 Å². The summed E-state index contributed by atoms with van der Waals surface area (Å²) in [5, 5.41) is 6.56. The van der Waals surface area contributed by atoms with Gasteiger partial charge in [-0.25, -0.2) is 9.79 Å². The van der Waals surface area contributed by atoms with Crippen LogP contribution >= 0.6 is 24.0 Å². The van der Waals surface area contributed by atoms with Crippen LogP contribution in [0.2, 0.25) is 0 Å². The van der Waals surface area contributed by atoms with Crippen molar-refractivity contribution in [3.63, 3.8) is 0 Å². The average Bonchev–Trinajstić information content (AvgIpc) is 2.58. The number of halogens is 1. The molecule has 1 rings (SSSR count). The first-order valence-corrected chi connectivity index (χ1v) is 7.85. The molecule has 0 heterocycles. The molecule has 0 fully saturated rings. The van der Waals surface area contributed by atoms with E-state index < -0.39 is 5.97 Å². The minimum absolute atomic E-state index is 0. The normalized spacial score (nSPS) is 12.0. The quantitative estimate of drug-likeness (QED) is 0.290. The molecule has 24 heavy (non-hydrogen) atoms. The molecule has 0 aliphatic heterocycles. The lowest BCUT2D eigenvalue weighted by Gasteiger charge is -2.16. The van der Waals surface area contributed by atoms with Gasteiger partial charge in [-0.15, -0.1) is 24.0 Å². The van der Waals surface area contributed by atoms with Crippen LogP contribution in [0.5, 0.6) is 5.75 Å². The van der Waals surface area contributed by atoms with Gasteiger partial charge in [0.05, 0.1) is 20.8 Å². The predicted molar refractivity (Wildman–Crippen MR) is 107 cm³/mol. The van der Waals surface area contributed by atoms with E-state index >= 15 is 0 Å². The molecule has 0 saturated heterocycles. The Morgan fingerprint density at radius 3 is 2.54 bits per heavy atom. The summed E-state index contributed by atoms with van der Waals surface area (Å²) in [6.45, 7) is 7.55. The molecule has 1 aromatic rings. The molecule has 0 aliphatic rings. The summed E-state index contributed by atoms with van der Waals surface area (Å²) in [6, 6.07) is 5.71. The molecule has 0 aliphatic carbocycles. The first kappa shape index (κ1) is 22.5. The lowest BCUT2D eigenvalue weighted by atomic mass is 10.1. The number of rotatable bonds is 7. The molecule has 1 unspecified atom stereocenters. The maximum absolute atomic E-state index is 11.7. The Bertz CT molecular complexity index is 550. The largest absolute Gasteiger partial charge is 0.496 e. The Balaban J connectivity index is 0.00000529. The van der Waals surface area contributed by atoms with Crippen molar-refractivity contribution >= 4 is 35.9 Å². The summed E-state index contributed by atoms with van der Waals surface area (Å²) < 4.78 is 10.0. The summed E-state index contributed by atoms with van der Waals surface area (Å²) in [5.41, 5.74) is 1.36. The number of carbonyl (C=O) groups is 1. The first-order valence-electron chi connectivity index (χ1n) is 7.85. The van der Waals surface area contributed by atoms with Crippen LogP contribution < -0.4 is 15.4 Å².